The summed E-state index contributed by atoms with van der Waals surface area (Å²) < 4.78 is 0. The van der Waals surface area contributed by atoms with Gasteiger partial charge in [-0.25, -0.2) is 0 Å². The predicted molar refractivity (Wildman–Crippen MR) is 168 cm³/mol. The molecule has 4 nitrogen and oxygen atoms in total. The summed E-state index contributed by atoms with van der Waals surface area (Å²) in [6, 6.07) is 12.5. The van der Waals surface area contributed by atoms with Crippen molar-refractivity contribution in [3.63, 3.8) is 0 Å². The Morgan fingerprint density at radius 2 is 1.45 bits per heavy atom. The second-order valence-corrected chi connectivity index (χ2v) is 13.5. The summed E-state index contributed by atoms with van der Waals surface area (Å²) in [6.07, 6.45) is 11.1. The molecule has 2 fully saturated rings. The van der Waals surface area contributed by atoms with E-state index < -0.39 is 11.7 Å². The van der Waals surface area contributed by atoms with Crippen LogP contribution in [0.15, 0.2) is 42.5 Å². The van der Waals surface area contributed by atoms with E-state index >= 15 is 0 Å². The second-order valence-electron chi connectivity index (χ2n) is 13.5. The van der Waals surface area contributed by atoms with E-state index in [1.54, 1.807) is 6.08 Å². The molecule has 0 N–H and O–H groups in total. The number of rotatable bonds is 10. The summed E-state index contributed by atoms with van der Waals surface area (Å²) in [5, 5.41) is 0. The maximum absolute atomic E-state index is 13.9. The molecule has 5 rings (SSSR count). The van der Waals surface area contributed by atoms with Crippen LogP contribution in [0.3, 0.4) is 0 Å². The zero-order chi connectivity index (χ0) is 30.0. The van der Waals surface area contributed by atoms with Crippen LogP contribution in [0.4, 0.5) is 0 Å². The van der Waals surface area contributed by atoms with Crippen molar-refractivity contribution in [1.82, 2.24) is 0 Å². The third kappa shape index (κ3) is 6.43. The third-order valence-corrected chi connectivity index (χ3v) is 10.2. The lowest BCUT2D eigenvalue weighted by Crippen LogP contribution is -2.28. The minimum atomic E-state index is -0.529. The first kappa shape index (κ1) is 30.3. The topological polar surface area (TPSA) is 68.3 Å². The average molecular weight is 567 g/mol. The maximum Gasteiger partial charge on any atom is 0.229 e. The highest BCUT2D eigenvalue weighted by Crippen LogP contribution is 2.42. The lowest BCUT2D eigenvalue weighted by molar-refractivity contribution is -0.136. The Balaban J connectivity index is 1.35. The second kappa shape index (κ2) is 13.0. The Morgan fingerprint density at radius 1 is 0.810 bits per heavy atom. The lowest BCUT2D eigenvalue weighted by atomic mass is 9.75. The normalized spacial score (nSPS) is 25.4. The molecule has 2 aromatic rings. The van der Waals surface area contributed by atoms with E-state index in [2.05, 4.69) is 38.1 Å². The molecule has 0 saturated heterocycles. The van der Waals surface area contributed by atoms with Gasteiger partial charge in [0.1, 0.15) is 5.78 Å². The fourth-order valence-electron chi connectivity index (χ4n) is 7.45. The Morgan fingerprint density at radius 3 is 2.10 bits per heavy atom. The van der Waals surface area contributed by atoms with Gasteiger partial charge in [0.15, 0.2) is 5.78 Å². The van der Waals surface area contributed by atoms with Crippen molar-refractivity contribution in [2.75, 3.05) is 0 Å². The molecule has 42 heavy (non-hydrogen) atoms. The van der Waals surface area contributed by atoms with E-state index in [-0.39, 0.29) is 29.2 Å². The fourth-order valence-corrected chi connectivity index (χ4v) is 7.45. The third-order valence-electron chi connectivity index (χ3n) is 10.2. The van der Waals surface area contributed by atoms with Crippen LogP contribution in [-0.2, 0) is 20.8 Å². The number of aryl methyl sites for hydroxylation is 2. The van der Waals surface area contributed by atoms with Crippen LogP contribution in [0.25, 0.3) is 5.57 Å². The van der Waals surface area contributed by atoms with Gasteiger partial charge in [-0.3, -0.25) is 19.2 Å². The predicted octanol–water partition coefficient (Wildman–Crippen LogP) is 8.35. The van der Waals surface area contributed by atoms with Crippen LogP contribution >= 0.6 is 0 Å². The quantitative estimate of drug-likeness (QED) is 0.214. The van der Waals surface area contributed by atoms with Crippen molar-refractivity contribution < 1.29 is 19.2 Å². The minimum Gasteiger partial charge on any atom is -0.299 e. The first-order valence-electron chi connectivity index (χ1n) is 16.2. The SMILES string of the molecule is CCCC(=O)C1C=C(C(=O)C(=O)C2CCC(C)CC2)c2cc(C(=O)C3CCC(Cc4ccc(C)cc4)CC3)c(C)cc21. The molecule has 0 heterocycles. The number of fused-ring (bicyclic) bond motifs is 1. The van der Waals surface area contributed by atoms with Gasteiger partial charge in [-0.05, 0) is 105 Å². The molecule has 0 bridgehead atoms. The molecular formula is C38H46O4. The van der Waals surface area contributed by atoms with Gasteiger partial charge in [-0.2, -0.15) is 0 Å². The highest BCUT2D eigenvalue weighted by molar-refractivity contribution is 6.55. The number of carbonyl (C=O) groups is 4. The molecular weight excluding hydrogens is 520 g/mol. The summed E-state index contributed by atoms with van der Waals surface area (Å²) in [5.74, 6) is -0.264. The van der Waals surface area contributed by atoms with Crippen LogP contribution in [0.1, 0.15) is 122 Å². The van der Waals surface area contributed by atoms with Crippen LogP contribution in [-0.4, -0.2) is 23.1 Å². The molecule has 0 aromatic heterocycles. The number of hydrogen-bond donors (Lipinski definition) is 0. The number of ketones is 4. The first-order valence-corrected chi connectivity index (χ1v) is 16.2. The van der Waals surface area contributed by atoms with E-state index in [0.717, 1.165) is 75.3 Å². The summed E-state index contributed by atoms with van der Waals surface area (Å²) in [5.41, 5.74) is 5.84. The summed E-state index contributed by atoms with van der Waals surface area (Å²) in [6.45, 7) is 8.21. The van der Waals surface area contributed by atoms with Crippen LogP contribution in [0, 0.1) is 37.5 Å². The van der Waals surface area contributed by atoms with Gasteiger partial charge in [0.2, 0.25) is 11.6 Å². The monoisotopic (exact) mass is 566 g/mol. The maximum atomic E-state index is 13.9. The van der Waals surface area contributed by atoms with Gasteiger partial charge in [0.05, 0.1) is 5.92 Å². The number of hydrogen-bond acceptors (Lipinski definition) is 4. The van der Waals surface area contributed by atoms with Crippen molar-refractivity contribution in [3.8, 4) is 0 Å². The van der Waals surface area contributed by atoms with E-state index in [4.69, 9.17) is 0 Å². The van der Waals surface area contributed by atoms with Crippen LogP contribution in [0.2, 0.25) is 0 Å². The molecule has 3 aliphatic carbocycles. The lowest BCUT2D eigenvalue weighted by Gasteiger charge is -2.28. The van der Waals surface area contributed by atoms with Crippen molar-refractivity contribution in [2.24, 2.45) is 23.7 Å². The molecule has 1 atom stereocenters. The van der Waals surface area contributed by atoms with E-state index in [9.17, 15) is 19.2 Å². The molecule has 3 aliphatic rings. The first-order chi connectivity index (χ1) is 20.2. The van der Waals surface area contributed by atoms with E-state index in [1.165, 1.54) is 11.1 Å². The number of benzene rings is 2. The van der Waals surface area contributed by atoms with Crippen molar-refractivity contribution in [1.29, 1.82) is 0 Å². The van der Waals surface area contributed by atoms with Crippen molar-refractivity contribution >= 4 is 28.7 Å². The Labute approximate surface area is 251 Å². The number of carbonyl (C=O) groups excluding carboxylic acids is 4. The van der Waals surface area contributed by atoms with Crippen LogP contribution in [0.5, 0.6) is 0 Å². The molecule has 0 amide bonds. The fraction of sp³-hybridized carbons (Fsp3) is 0.526. The summed E-state index contributed by atoms with van der Waals surface area (Å²) in [7, 11) is 0. The Bertz CT molecular complexity index is 1380. The van der Waals surface area contributed by atoms with Crippen molar-refractivity contribution in [3.05, 3.63) is 75.9 Å². The van der Waals surface area contributed by atoms with Crippen molar-refractivity contribution in [2.45, 2.75) is 104 Å². The largest absolute Gasteiger partial charge is 0.299 e. The number of Topliss-reactive ketones (excluding diaryl/α,β-unsaturated/α-hetero) is 4. The Hall–Kier alpha value is -3.14. The number of allylic oxidation sites excluding steroid dienone is 2. The van der Waals surface area contributed by atoms with E-state index in [1.807, 2.05) is 26.0 Å². The minimum absolute atomic E-state index is 0.0380. The zero-order valence-corrected chi connectivity index (χ0v) is 25.8. The smallest absolute Gasteiger partial charge is 0.229 e. The van der Waals surface area contributed by atoms with Crippen LogP contribution < -0.4 is 0 Å². The molecule has 4 heteroatoms. The summed E-state index contributed by atoms with van der Waals surface area (Å²) >= 11 is 0. The molecule has 222 valence electrons. The standard InChI is InChI=1S/C38H46O4/c1-5-6-35(39)33-22-34(38(42)37(41)29-15-9-24(3)10-16-29)32-21-30(25(4)19-31(32)33)36(40)28-17-13-27(14-18-28)20-26-11-7-23(2)8-12-26/h7-8,11-12,19,21-22,24,27-29,33H,5-6,9-10,13-18,20H2,1-4H3. The van der Waals surface area contributed by atoms with Gasteiger partial charge in [-0.1, -0.05) is 68.7 Å². The molecule has 0 radical (unpaired) electrons. The van der Waals surface area contributed by atoms with Gasteiger partial charge >= 0.3 is 0 Å². The van der Waals surface area contributed by atoms with Gasteiger partial charge in [0.25, 0.3) is 0 Å². The average Bonchev–Trinajstić information content (AvgIpc) is 3.36. The van der Waals surface area contributed by atoms with Gasteiger partial charge in [0, 0.05) is 29.4 Å². The highest BCUT2D eigenvalue weighted by atomic mass is 16.2. The molecule has 0 aliphatic heterocycles. The molecule has 2 saturated carbocycles. The molecule has 2 aromatic carbocycles. The molecule has 0 spiro atoms. The summed E-state index contributed by atoms with van der Waals surface area (Å²) in [4.78, 5) is 54.1. The zero-order valence-electron chi connectivity index (χ0n) is 25.8. The molecule has 1 unspecified atom stereocenters. The van der Waals surface area contributed by atoms with E-state index in [0.29, 0.717) is 35.0 Å². The van der Waals surface area contributed by atoms with Gasteiger partial charge < -0.3 is 0 Å². The van der Waals surface area contributed by atoms with Gasteiger partial charge in [-0.15, -0.1) is 0 Å². The highest BCUT2D eigenvalue weighted by Gasteiger charge is 2.38. The Kier molecular flexibility index (Phi) is 9.40.